The van der Waals surface area contributed by atoms with Crippen LogP contribution in [0.2, 0.25) is 0 Å². The van der Waals surface area contributed by atoms with Crippen molar-refractivity contribution in [3.05, 3.63) is 24.3 Å². The Morgan fingerprint density at radius 3 is 2.39 bits per heavy atom. The van der Waals surface area contributed by atoms with Crippen LogP contribution in [-0.2, 0) is 4.79 Å². The van der Waals surface area contributed by atoms with E-state index in [-0.39, 0.29) is 17.6 Å². The van der Waals surface area contributed by atoms with Gasteiger partial charge in [0.1, 0.15) is 11.5 Å². The van der Waals surface area contributed by atoms with Crippen molar-refractivity contribution >= 4 is 5.97 Å². The monoisotopic (exact) mass is 249 g/mol. The van der Waals surface area contributed by atoms with Crippen LogP contribution in [0.5, 0.6) is 11.5 Å². The summed E-state index contributed by atoms with van der Waals surface area (Å²) in [5, 5.41) is 9.14. The highest BCUT2D eigenvalue weighted by Gasteiger charge is 2.27. The van der Waals surface area contributed by atoms with E-state index in [4.69, 9.17) is 15.6 Å². The topological polar surface area (TPSA) is 72.6 Å². The number of carbonyl (C=O) groups is 1. The summed E-state index contributed by atoms with van der Waals surface area (Å²) >= 11 is 0. The van der Waals surface area contributed by atoms with E-state index >= 15 is 0 Å². The summed E-state index contributed by atoms with van der Waals surface area (Å²) in [5.41, 5.74) is 5.62. The average molecular weight is 249 g/mol. The predicted molar refractivity (Wildman–Crippen MR) is 68.2 cm³/mol. The Morgan fingerprint density at radius 1 is 1.22 bits per heavy atom. The molecule has 0 bridgehead atoms. The van der Waals surface area contributed by atoms with Crippen LogP contribution in [0, 0.1) is 11.8 Å². The molecule has 0 amide bonds. The number of aromatic hydroxyl groups is 1. The van der Waals surface area contributed by atoms with Gasteiger partial charge in [-0.3, -0.25) is 4.79 Å². The van der Waals surface area contributed by atoms with Crippen molar-refractivity contribution in [2.24, 2.45) is 17.6 Å². The fraction of sp³-hybridized carbons (Fsp3) is 0.500. The molecule has 1 aromatic carbocycles. The van der Waals surface area contributed by atoms with E-state index < -0.39 is 0 Å². The molecule has 4 nitrogen and oxygen atoms in total. The van der Waals surface area contributed by atoms with Gasteiger partial charge in [-0.25, -0.2) is 0 Å². The lowest BCUT2D eigenvalue weighted by Gasteiger charge is -2.26. The largest absolute Gasteiger partial charge is 0.508 e. The van der Waals surface area contributed by atoms with Gasteiger partial charge in [0.2, 0.25) is 0 Å². The van der Waals surface area contributed by atoms with E-state index in [1.807, 2.05) is 0 Å². The third-order valence-electron chi connectivity index (χ3n) is 3.57. The summed E-state index contributed by atoms with van der Waals surface area (Å²) in [7, 11) is 0. The van der Waals surface area contributed by atoms with E-state index in [0.29, 0.717) is 18.2 Å². The molecule has 4 heteroatoms. The zero-order valence-electron chi connectivity index (χ0n) is 10.3. The van der Waals surface area contributed by atoms with Crippen LogP contribution in [0.4, 0.5) is 0 Å². The zero-order valence-corrected chi connectivity index (χ0v) is 10.3. The summed E-state index contributed by atoms with van der Waals surface area (Å²) < 4.78 is 5.30. The van der Waals surface area contributed by atoms with Crippen LogP contribution < -0.4 is 10.5 Å². The van der Waals surface area contributed by atoms with Gasteiger partial charge < -0.3 is 15.6 Å². The molecule has 0 unspecified atom stereocenters. The lowest BCUT2D eigenvalue weighted by Crippen LogP contribution is -2.28. The standard InChI is InChI=1S/C14H19NO3/c15-9-10-1-3-11(4-2-10)14(17)18-13-7-5-12(16)6-8-13/h5-8,10-11,16H,1-4,9,15H2. The normalized spacial score (nSPS) is 23.6. The molecule has 3 N–H and O–H groups in total. The maximum atomic E-state index is 11.9. The number of nitrogens with two attached hydrogens (primary N) is 1. The number of esters is 1. The van der Waals surface area contributed by atoms with Crippen LogP contribution in [-0.4, -0.2) is 17.6 Å². The van der Waals surface area contributed by atoms with Gasteiger partial charge in [0.25, 0.3) is 0 Å². The van der Waals surface area contributed by atoms with E-state index in [0.717, 1.165) is 25.7 Å². The average Bonchev–Trinajstić information content (AvgIpc) is 2.41. The molecule has 0 atom stereocenters. The predicted octanol–water partition coefficient (Wildman–Crippen LogP) is 2.06. The van der Waals surface area contributed by atoms with E-state index in [1.165, 1.54) is 12.1 Å². The molecule has 0 spiro atoms. The van der Waals surface area contributed by atoms with Crippen molar-refractivity contribution in [2.75, 3.05) is 6.54 Å². The molecule has 0 saturated heterocycles. The fourth-order valence-corrected chi connectivity index (χ4v) is 2.35. The van der Waals surface area contributed by atoms with Gasteiger partial charge in [0.15, 0.2) is 0 Å². The second-order valence-corrected chi connectivity index (χ2v) is 4.87. The first-order valence-corrected chi connectivity index (χ1v) is 6.40. The Morgan fingerprint density at radius 2 is 1.83 bits per heavy atom. The van der Waals surface area contributed by atoms with E-state index in [9.17, 15) is 4.79 Å². The minimum Gasteiger partial charge on any atom is -0.508 e. The van der Waals surface area contributed by atoms with Gasteiger partial charge in [-0.2, -0.15) is 0 Å². The zero-order chi connectivity index (χ0) is 13.0. The van der Waals surface area contributed by atoms with Crippen molar-refractivity contribution in [1.29, 1.82) is 0 Å². The van der Waals surface area contributed by atoms with Crippen molar-refractivity contribution in [2.45, 2.75) is 25.7 Å². The van der Waals surface area contributed by atoms with Crippen molar-refractivity contribution in [1.82, 2.24) is 0 Å². The van der Waals surface area contributed by atoms with Crippen LogP contribution in [0.15, 0.2) is 24.3 Å². The molecule has 0 aromatic heterocycles. The first-order chi connectivity index (χ1) is 8.69. The van der Waals surface area contributed by atoms with Crippen LogP contribution in [0.1, 0.15) is 25.7 Å². The highest BCUT2D eigenvalue weighted by atomic mass is 16.5. The smallest absolute Gasteiger partial charge is 0.314 e. The maximum Gasteiger partial charge on any atom is 0.314 e. The Balaban J connectivity index is 1.87. The summed E-state index contributed by atoms with van der Waals surface area (Å²) in [6, 6.07) is 6.21. The molecule has 1 aliphatic carbocycles. The summed E-state index contributed by atoms with van der Waals surface area (Å²) in [5.74, 6) is 1.03. The minimum atomic E-state index is -0.170. The van der Waals surface area contributed by atoms with Gasteiger partial charge in [-0.05, 0) is 62.4 Å². The number of benzene rings is 1. The first kappa shape index (κ1) is 12.9. The summed E-state index contributed by atoms with van der Waals surface area (Å²) in [6.07, 6.45) is 3.73. The number of hydrogen-bond acceptors (Lipinski definition) is 4. The highest BCUT2D eigenvalue weighted by Crippen LogP contribution is 2.29. The van der Waals surface area contributed by atoms with Crippen molar-refractivity contribution in [3.8, 4) is 11.5 Å². The molecule has 1 aromatic rings. The third-order valence-corrected chi connectivity index (χ3v) is 3.57. The molecule has 18 heavy (non-hydrogen) atoms. The fourth-order valence-electron chi connectivity index (χ4n) is 2.35. The van der Waals surface area contributed by atoms with Crippen molar-refractivity contribution < 1.29 is 14.6 Å². The number of rotatable bonds is 3. The quantitative estimate of drug-likeness (QED) is 0.635. The molecule has 2 rings (SSSR count). The van der Waals surface area contributed by atoms with Gasteiger partial charge in [0.05, 0.1) is 5.92 Å². The van der Waals surface area contributed by atoms with Crippen LogP contribution >= 0.6 is 0 Å². The first-order valence-electron chi connectivity index (χ1n) is 6.40. The van der Waals surface area contributed by atoms with Crippen LogP contribution in [0.3, 0.4) is 0 Å². The number of phenols is 1. The second-order valence-electron chi connectivity index (χ2n) is 4.87. The Bertz CT molecular complexity index is 394. The number of carbonyl (C=O) groups excluding carboxylic acids is 1. The lowest BCUT2D eigenvalue weighted by molar-refractivity contribution is -0.140. The molecule has 98 valence electrons. The minimum absolute atomic E-state index is 0.0124. The van der Waals surface area contributed by atoms with Gasteiger partial charge in [-0.15, -0.1) is 0 Å². The Hall–Kier alpha value is -1.55. The van der Waals surface area contributed by atoms with Gasteiger partial charge >= 0.3 is 5.97 Å². The Labute approximate surface area is 107 Å². The number of ether oxygens (including phenoxy) is 1. The molecule has 1 aliphatic rings. The summed E-state index contributed by atoms with van der Waals surface area (Å²) in [4.78, 5) is 11.9. The summed E-state index contributed by atoms with van der Waals surface area (Å²) in [6.45, 7) is 0.708. The van der Waals surface area contributed by atoms with Crippen LogP contribution in [0.25, 0.3) is 0 Å². The number of hydrogen-bond donors (Lipinski definition) is 2. The third kappa shape index (κ3) is 3.23. The molecular formula is C14H19NO3. The molecule has 0 radical (unpaired) electrons. The SMILES string of the molecule is NCC1CCC(C(=O)Oc2ccc(O)cc2)CC1. The molecule has 0 heterocycles. The number of phenolic OH excluding ortho intramolecular Hbond substituents is 1. The Kier molecular flexibility index (Phi) is 4.20. The maximum absolute atomic E-state index is 11.9. The van der Waals surface area contributed by atoms with E-state index in [1.54, 1.807) is 12.1 Å². The molecule has 1 saturated carbocycles. The molecule has 1 fully saturated rings. The lowest BCUT2D eigenvalue weighted by atomic mass is 9.82. The second kappa shape index (κ2) is 5.87. The van der Waals surface area contributed by atoms with Gasteiger partial charge in [-0.1, -0.05) is 0 Å². The van der Waals surface area contributed by atoms with Crippen molar-refractivity contribution in [3.63, 3.8) is 0 Å². The van der Waals surface area contributed by atoms with Gasteiger partial charge in [0, 0.05) is 0 Å². The highest BCUT2D eigenvalue weighted by molar-refractivity contribution is 5.75. The molecular weight excluding hydrogens is 230 g/mol. The molecule has 0 aliphatic heterocycles. The van der Waals surface area contributed by atoms with E-state index in [2.05, 4.69) is 0 Å².